The van der Waals surface area contributed by atoms with E-state index in [0.29, 0.717) is 17.5 Å². The first kappa shape index (κ1) is 80.7. The zero-order valence-electron chi connectivity index (χ0n) is 74.7. The Labute approximate surface area is 796 Å². The van der Waals surface area contributed by atoms with Gasteiger partial charge in [0.15, 0.2) is 34.4 Å². The lowest BCUT2D eigenvalue weighted by Crippen LogP contribution is -1.96. The van der Waals surface area contributed by atoms with Gasteiger partial charge in [-0.3, -0.25) is 13.2 Å². The second-order valence-electron chi connectivity index (χ2n) is 34.6. The molecule has 0 unspecified atom stereocenters. The van der Waals surface area contributed by atoms with Crippen LogP contribution in [0.3, 0.4) is 0 Å². The molecule has 0 aliphatic carbocycles. The van der Waals surface area contributed by atoms with Crippen LogP contribution in [-0.4, -0.2) is 73.0 Å². The maximum atomic E-state index is 5.23. The molecule has 0 saturated carbocycles. The first-order valence-electron chi connectivity index (χ1n) is 46.4. The number of pyridine rings is 6. The van der Waals surface area contributed by atoms with Crippen molar-refractivity contribution in [3.8, 4) is 135 Å². The van der Waals surface area contributed by atoms with Gasteiger partial charge in [0.2, 0.25) is 0 Å². The van der Waals surface area contributed by atoms with Gasteiger partial charge in [0.1, 0.15) is 33.5 Å². The van der Waals surface area contributed by atoms with E-state index in [1.165, 1.54) is 21.9 Å². The van der Waals surface area contributed by atoms with Crippen molar-refractivity contribution in [1.29, 1.82) is 0 Å². The molecule has 0 radical (unpaired) electrons. The Morgan fingerprint density at radius 1 is 0.144 bits per heavy atom. The third-order valence-corrected chi connectivity index (χ3v) is 26.3. The summed E-state index contributed by atoms with van der Waals surface area (Å²) in [6, 6.07) is 155. The predicted molar refractivity (Wildman–Crippen MR) is 566 cm³/mol. The van der Waals surface area contributed by atoms with Gasteiger partial charge in [0.25, 0.3) is 0 Å². The number of hydrogen-bond donors (Lipinski definition) is 0. The van der Waals surface area contributed by atoms with E-state index in [1.807, 2.05) is 134 Å². The Morgan fingerprint density at radius 3 is 0.842 bits per heavy atom. The molecule has 0 saturated heterocycles. The lowest BCUT2D eigenvalue weighted by Gasteiger charge is -2.12. The number of nitrogens with zero attached hydrogens (tertiary/aromatic N) is 15. The van der Waals surface area contributed by atoms with Crippen molar-refractivity contribution in [3.05, 3.63) is 468 Å². The van der Waals surface area contributed by atoms with Crippen molar-refractivity contribution in [2.24, 2.45) is 0 Å². The lowest BCUT2D eigenvalue weighted by atomic mass is 9.98. The van der Waals surface area contributed by atoms with E-state index in [0.717, 1.165) is 222 Å². The highest BCUT2D eigenvalue weighted by atomic mass is 15.1. The van der Waals surface area contributed by atoms with Gasteiger partial charge in [-0.1, -0.05) is 376 Å². The fraction of sp³-hybridized carbons (Fsp3) is 0. The summed E-state index contributed by atoms with van der Waals surface area (Å²) in [5, 5.41) is 12.0. The van der Waals surface area contributed by atoms with Crippen molar-refractivity contribution in [2.75, 3.05) is 0 Å². The molecule has 0 bridgehead atoms. The number of benzene rings is 16. The highest BCUT2D eigenvalue weighted by Crippen LogP contribution is 2.43. The fourth-order valence-corrected chi connectivity index (χ4v) is 19.5. The second-order valence-corrected chi connectivity index (χ2v) is 34.6. The SMILES string of the molecule is c1cc(-c2nc(-c3cccc4ccccc34)c3ccccc3n2)cc(-c2nc3c(nc4ccccn43)c3ccccc23)c1.c1ccc(-c2ccc(-c3nc(-c4ccc(-c5cccc(-c6nc7c(nc8ccccn87)c7ccccc67)c5)cc4)nc4ccccc34)cc2)cc1.c1ccc(-c2nc(-c3ccc(-c4cccc(-c5nc6c(nc7ccccn76)c6ccccc56)c4)cc3)nc3ccccc23)cc1. The Kier molecular flexibility index (Phi) is 19.8. The minimum atomic E-state index is 0.684. The average Bonchev–Trinajstić information content (AvgIpc) is 1.60. The molecule has 0 aliphatic rings. The van der Waals surface area contributed by atoms with Crippen molar-refractivity contribution in [1.82, 2.24) is 73.0 Å². The molecule has 648 valence electrons. The number of hydrogen-bond acceptors (Lipinski definition) is 12. The molecule has 139 heavy (non-hydrogen) atoms. The molecule has 0 atom stereocenters. The predicted octanol–water partition coefficient (Wildman–Crippen LogP) is 30.1. The molecule has 15 nitrogen and oxygen atoms in total. The van der Waals surface area contributed by atoms with Gasteiger partial charge in [-0.25, -0.2) is 59.8 Å². The van der Waals surface area contributed by atoms with Gasteiger partial charge < -0.3 is 0 Å². The van der Waals surface area contributed by atoms with E-state index in [1.54, 1.807) is 0 Å². The van der Waals surface area contributed by atoms with Crippen molar-refractivity contribution in [3.63, 3.8) is 0 Å². The van der Waals surface area contributed by atoms with Crippen LogP contribution in [0.25, 0.3) is 261 Å². The highest BCUT2D eigenvalue weighted by molar-refractivity contribution is 6.13. The number of fused-ring (bicyclic) bond motifs is 19. The van der Waals surface area contributed by atoms with Crippen LogP contribution in [0.4, 0.5) is 0 Å². The molecule has 12 aromatic heterocycles. The van der Waals surface area contributed by atoms with E-state index >= 15 is 0 Å². The van der Waals surface area contributed by atoms with E-state index in [9.17, 15) is 0 Å². The monoisotopic (exact) mass is 1780 g/mol. The molecule has 15 heteroatoms. The molecular weight excluding hydrogens is 1700 g/mol. The second kappa shape index (κ2) is 34.2. The van der Waals surface area contributed by atoms with Gasteiger partial charge in [-0.15, -0.1) is 0 Å². The van der Waals surface area contributed by atoms with Crippen molar-refractivity contribution in [2.45, 2.75) is 0 Å². The number of rotatable bonds is 12. The number of para-hydroxylation sites is 3. The third-order valence-electron chi connectivity index (χ3n) is 26.3. The lowest BCUT2D eigenvalue weighted by molar-refractivity contribution is 1.19. The summed E-state index contributed by atoms with van der Waals surface area (Å²) in [5.41, 5.74) is 32.4. The Hall–Kier alpha value is -19.1. The summed E-state index contributed by atoms with van der Waals surface area (Å²) in [6.45, 7) is 0. The Bertz CT molecular complexity index is 9720. The van der Waals surface area contributed by atoms with Gasteiger partial charge in [-0.05, 0) is 117 Å². The Balaban J connectivity index is 0.000000108. The molecule has 28 rings (SSSR count). The summed E-state index contributed by atoms with van der Waals surface area (Å²) in [6.07, 6.45) is 6.07. The fourth-order valence-electron chi connectivity index (χ4n) is 19.5. The summed E-state index contributed by atoms with van der Waals surface area (Å²) in [5.74, 6) is 2.10. The highest BCUT2D eigenvalue weighted by Gasteiger charge is 2.24. The largest absolute Gasteiger partial charge is 0.284 e. The summed E-state index contributed by atoms with van der Waals surface area (Å²) in [7, 11) is 0. The normalized spacial score (nSPS) is 11.6. The molecule has 16 aromatic carbocycles. The van der Waals surface area contributed by atoms with Crippen molar-refractivity contribution >= 4 is 126 Å². The van der Waals surface area contributed by atoms with Crippen LogP contribution < -0.4 is 0 Å². The first-order valence-corrected chi connectivity index (χ1v) is 46.4. The van der Waals surface area contributed by atoms with Crippen LogP contribution in [-0.2, 0) is 0 Å². The maximum absolute atomic E-state index is 5.23. The van der Waals surface area contributed by atoms with Gasteiger partial charge in [0.05, 0.1) is 50.7 Å². The van der Waals surface area contributed by atoms with Crippen LogP contribution in [0.5, 0.6) is 0 Å². The maximum Gasteiger partial charge on any atom is 0.165 e. The van der Waals surface area contributed by atoms with E-state index in [2.05, 4.69) is 347 Å². The molecule has 0 fully saturated rings. The van der Waals surface area contributed by atoms with Gasteiger partial charge in [0, 0.05) is 117 Å². The van der Waals surface area contributed by atoms with Crippen LogP contribution in [0.2, 0.25) is 0 Å². The molecule has 28 aromatic rings. The molecular formula is C124H77N15. The van der Waals surface area contributed by atoms with Crippen LogP contribution in [0.15, 0.2) is 468 Å². The van der Waals surface area contributed by atoms with E-state index in [4.69, 9.17) is 59.8 Å². The third kappa shape index (κ3) is 14.7. The quantitative estimate of drug-likeness (QED) is 0.114. The van der Waals surface area contributed by atoms with Gasteiger partial charge in [-0.2, -0.15) is 0 Å². The first-order chi connectivity index (χ1) is 68.9. The number of imidazole rings is 3. The molecule has 0 amide bonds. The average molecular weight is 1780 g/mol. The zero-order chi connectivity index (χ0) is 91.8. The van der Waals surface area contributed by atoms with Crippen LogP contribution >= 0.6 is 0 Å². The Morgan fingerprint density at radius 2 is 0.410 bits per heavy atom. The van der Waals surface area contributed by atoms with Crippen LogP contribution in [0.1, 0.15) is 0 Å². The molecule has 0 spiro atoms. The topological polar surface area (TPSA) is 168 Å². The van der Waals surface area contributed by atoms with E-state index in [-0.39, 0.29) is 0 Å². The summed E-state index contributed by atoms with van der Waals surface area (Å²) >= 11 is 0. The van der Waals surface area contributed by atoms with E-state index < -0.39 is 0 Å². The minimum absolute atomic E-state index is 0.684. The van der Waals surface area contributed by atoms with Crippen molar-refractivity contribution < 1.29 is 0 Å². The standard InChI is InChI=1S/C46H29N5.C40H25N5.C38H23N5/c1-2-11-30(12-3-1)31-20-24-33(25-21-31)42-39-17-6-7-18-40(39)47-45(49-42)34-26-22-32(23-27-34)35-13-10-14-36(29-35)43-37-15-4-5-16-38(37)44-46(50-43)51-28-9-8-19-41(51)48-44;1-2-11-27(12-3-1)36-33-17-6-7-18-34(33)41-39(43-36)28-22-20-26(21-23-28)29-13-10-14-30(25-29)37-31-15-4-5-16-32(31)38-40(44-37)45-24-9-8-19-35(45)42-38;1-2-15-27-24(11-1)12-10-19-28(27)35-31-18-5-6-20-32(31)39-37(41-35)26-14-9-13-25(23-26)34-29-16-3-4-17-30(29)36-38(42-34)43-22-8-7-21-33(43)40-36/h1-29H;1-25H;1-23H. The summed E-state index contributed by atoms with van der Waals surface area (Å²) in [4.78, 5) is 60.7. The minimum Gasteiger partial charge on any atom is -0.284 e. The summed E-state index contributed by atoms with van der Waals surface area (Å²) < 4.78 is 6.18. The zero-order valence-corrected chi connectivity index (χ0v) is 74.7. The molecule has 0 aliphatic heterocycles. The van der Waals surface area contributed by atoms with Crippen LogP contribution in [0, 0.1) is 0 Å². The number of aromatic nitrogens is 15. The smallest absolute Gasteiger partial charge is 0.165 e. The molecule has 0 N–H and O–H groups in total. The van der Waals surface area contributed by atoms with Gasteiger partial charge >= 0.3 is 0 Å². The molecule has 12 heterocycles.